The molecule has 1 N–H and O–H groups in total. The zero-order chi connectivity index (χ0) is 69.0. The molecule has 0 radical (unpaired) electrons. The van der Waals surface area contributed by atoms with Crippen LogP contribution in [0.15, 0.2) is 134 Å². The van der Waals surface area contributed by atoms with Gasteiger partial charge >= 0.3 is 11.9 Å². The average Bonchev–Trinajstić information content (AvgIpc) is 3.79. The van der Waals surface area contributed by atoms with Crippen LogP contribution in [0.25, 0.3) is 0 Å². The number of carbonyl (C=O) groups excluding carboxylic acids is 2. The molecule has 0 aliphatic rings. The molecule has 0 aromatic heterocycles. The summed E-state index contributed by atoms with van der Waals surface area (Å²) >= 11 is 0. The molecule has 5 nitrogen and oxygen atoms in total. The molecule has 0 spiro atoms. The van der Waals surface area contributed by atoms with Crippen LogP contribution in [0.1, 0.15) is 412 Å². The Balaban J connectivity index is 3.40. The van der Waals surface area contributed by atoms with E-state index in [1.54, 1.807) is 0 Å². The molecule has 5 heteroatoms. The highest BCUT2D eigenvalue weighted by atomic mass is 16.6. The molecule has 0 bridgehead atoms. The molecule has 0 saturated carbocycles. The molecule has 0 rings (SSSR count). The van der Waals surface area contributed by atoms with E-state index in [1.165, 1.54) is 276 Å². The van der Waals surface area contributed by atoms with Gasteiger partial charge in [0.25, 0.3) is 0 Å². The Labute approximate surface area is 597 Å². The van der Waals surface area contributed by atoms with Crippen LogP contribution in [0.2, 0.25) is 0 Å². The Hall–Kier alpha value is -3.96. The van der Waals surface area contributed by atoms with Gasteiger partial charge in [-0.1, -0.05) is 424 Å². The van der Waals surface area contributed by atoms with Crippen molar-refractivity contribution in [3.63, 3.8) is 0 Å². The summed E-state index contributed by atoms with van der Waals surface area (Å²) < 4.78 is 10.8. The predicted molar refractivity (Wildman–Crippen MR) is 426 cm³/mol. The molecule has 0 aliphatic heterocycles. The summed E-state index contributed by atoms with van der Waals surface area (Å²) in [5, 5.41) is 9.74. The van der Waals surface area contributed by atoms with Crippen molar-refractivity contribution in [3.8, 4) is 0 Å². The van der Waals surface area contributed by atoms with Crippen LogP contribution < -0.4 is 0 Å². The van der Waals surface area contributed by atoms with Gasteiger partial charge in [-0.2, -0.15) is 0 Å². The molecule has 0 heterocycles. The van der Waals surface area contributed by atoms with E-state index in [9.17, 15) is 14.7 Å². The molecule has 96 heavy (non-hydrogen) atoms. The Bertz CT molecular complexity index is 1900. The first-order valence-corrected chi connectivity index (χ1v) is 41.7. The van der Waals surface area contributed by atoms with Crippen molar-refractivity contribution >= 4 is 11.9 Å². The van der Waals surface area contributed by atoms with Gasteiger partial charge in [0.2, 0.25) is 0 Å². The minimum absolute atomic E-state index is 0.0633. The van der Waals surface area contributed by atoms with Gasteiger partial charge in [0.15, 0.2) is 6.10 Å². The third kappa shape index (κ3) is 82.5. The molecule has 0 aliphatic carbocycles. The minimum Gasteiger partial charge on any atom is -0.462 e. The number of rotatable bonds is 77. The highest BCUT2D eigenvalue weighted by Gasteiger charge is 2.16. The van der Waals surface area contributed by atoms with Crippen LogP contribution >= 0.6 is 0 Å². The fraction of sp³-hybridized carbons (Fsp3) is 0.736. The number of allylic oxidation sites excluding steroid dienone is 22. The van der Waals surface area contributed by atoms with E-state index in [-0.39, 0.29) is 25.2 Å². The van der Waals surface area contributed by atoms with Crippen molar-refractivity contribution in [2.24, 2.45) is 0 Å². The number of hydrogen-bond donors (Lipinski definition) is 1. The Morgan fingerprint density at radius 3 is 0.625 bits per heavy atom. The minimum atomic E-state index is -0.776. The summed E-state index contributed by atoms with van der Waals surface area (Å²) in [7, 11) is 0. The van der Waals surface area contributed by atoms with E-state index in [4.69, 9.17) is 9.47 Å². The molecular formula is C91H158O5. The Morgan fingerprint density at radius 1 is 0.240 bits per heavy atom. The largest absolute Gasteiger partial charge is 0.462 e. The zero-order valence-electron chi connectivity index (χ0n) is 63.6. The van der Waals surface area contributed by atoms with Crippen molar-refractivity contribution in [2.45, 2.75) is 418 Å². The summed E-state index contributed by atoms with van der Waals surface area (Å²) in [5.74, 6) is -0.570. The number of aliphatic hydroxyl groups excluding tert-OH is 1. The summed E-state index contributed by atoms with van der Waals surface area (Å²) in [6, 6.07) is 0. The van der Waals surface area contributed by atoms with Crippen molar-refractivity contribution in [2.75, 3.05) is 13.2 Å². The normalized spacial score (nSPS) is 12.9. The van der Waals surface area contributed by atoms with Gasteiger partial charge < -0.3 is 14.6 Å². The number of carbonyl (C=O) groups is 2. The fourth-order valence-electron chi connectivity index (χ4n) is 12.3. The monoisotopic (exact) mass is 1330 g/mol. The van der Waals surface area contributed by atoms with Gasteiger partial charge in [-0.05, 0) is 109 Å². The third-order valence-corrected chi connectivity index (χ3v) is 18.4. The number of unbranched alkanes of at least 4 members (excludes halogenated alkanes) is 47. The molecule has 1 atom stereocenters. The van der Waals surface area contributed by atoms with Crippen molar-refractivity contribution in [3.05, 3.63) is 134 Å². The van der Waals surface area contributed by atoms with E-state index in [0.717, 1.165) is 109 Å². The van der Waals surface area contributed by atoms with Crippen LogP contribution in [0.3, 0.4) is 0 Å². The summed E-state index contributed by atoms with van der Waals surface area (Å²) in [4.78, 5) is 24.8. The lowest BCUT2D eigenvalue weighted by molar-refractivity contribution is -0.161. The lowest BCUT2D eigenvalue weighted by Gasteiger charge is -2.15. The lowest BCUT2D eigenvalue weighted by atomic mass is 10.0. The summed E-state index contributed by atoms with van der Waals surface area (Å²) in [5.41, 5.74) is 0. The van der Waals surface area contributed by atoms with Crippen molar-refractivity contribution < 1.29 is 24.2 Å². The SMILES string of the molecule is CC/C=C\C/C=C\C/C=C\C/C=C\C/C=C\C/C=C\CCCCCCCCCCCCCCCCCCCCCCCCC(=O)OC(CO)COC(=O)CCCCCCCCCCCCCCCCCCCCCCCCCCC/C=C\C/C=C\C/C=C\C/C=C\C/C=C\CC. The third-order valence-electron chi connectivity index (χ3n) is 18.4. The molecular weight excluding hydrogens is 1170 g/mol. The van der Waals surface area contributed by atoms with Gasteiger partial charge in [0.1, 0.15) is 6.61 Å². The Morgan fingerprint density at radius 2 is 0.417 bits per heavy atom. The number of aliphatic hydroxyl groups is 1. The average molecular weight is 1330 g/mol. The smallest absolute Gasteiger partial charge is 0.306 e. The number of hydrogen-bond acceptors (Lipinski definition) is 5. The van der Waals surface area contributed by atoms with Crippen LogP contribution in [0.4, 0.5) is 0 Å². The Kier molecular flexibility index (Phi) is 81.7. The van der Waals surface area contributed by atoms with Gasteiger partial charge in [0.05, 0.1) is 6.61 Å². The standard InChI is InChI=1S/C91H158O5/c1-3-5-7-9-11-13-15-17-19-21-23-25-27-29-31-33-35-37-39-41-43-45-47-49-51-53-55-57-59-61-63-65-67-69-71-73-75-77-79-81-83-85-90(93)95-88-89(87-92)96-91(94)86-84-82-80-78-76-74-72-70-68-66-64-62-60-58-56-54-52-50-48-46-44-42-40-38-36-34-32-30-28-26-24-22-20-18-16-14-12-10-8-6-4-2/h5-8,11-14,17-20,23-26,29-32,36,38,89,92H,3-4,9-10,15-16,21-22,27-28,33-35,37,39-88H2,1-2H3/b7-5-,8-6-,13-11-,14-12-,19-17-,20-18-,25-23-,26-24-,31-29-,32-30-,38-36-. The van der Waals surface area contributed by atoms with Crippen molar-refractivity contribution in [1.29, 1.82) is 0 Å². The second-order valence-electron chi connectivity index (χ2n) is 27.8. The molecule has 1 unspecified atom stereocenters. The van der Waals surface area contributed by atoms with Crippen molar-refractivity contribution in [1.82, 2.24) is 0 Å². The fourth-order valence-corrected chi connectivity index (χ4v) is 12.3. The highest BCUT2D eigenvalue weighted by molar-refractivity contribution is 5.70. The molecule has 0 amide bonds. The van der Waals surface area contributed by atoms with E-state index in [0.29, 0.717) is 12.8 Å². The number of ether oxygens (including phenoxy) is 2. The zero-order valence-corrected chi connectivity index (χ0v) is 63.6. The summed E-state index contributed by atoms with van der Waals surface area (Å²) in [6.07, 6.45) is 127. The van der Waals surface area contributed by atoms with Gasteiger partial charge in [-0.25, -0.2) is 0 Å². The molecule has 0 fully saturated rings. The van der Waals surface area contributed by atoms with Crippen LogP contribution in [0.5, 0.6) is 0 Å². The second-order valence-corrected chi connectivity index (χ2v) is 27.8. The highest BCUT2D eigenvalue weighted by Crippen LogP contribution is 2.20. The van der Waals surface area contributed by atoms with Crippen LogP contribution in [-0.2, 0) is 19.1 Å². The van der Waals surface area contributed by atoms with Gasteiger partial charge in [-0.15, -0.1) is 0 Å². The molecule has 0 saturated heterocycles. The maximum Gasteiger partial charge on any atom is 0.306 e. The first-order chi connectivity index (χ1) is 47.6. The summed E-state index contributed by atoms with van der Waals surface area (Å²) in [6.45, 7) is 3.96. The first kappa shape index (κ1) is 92.0. The maximum atomic E-state index is 12.4. The second kappa shape index (κ2) is 85.3. The topological polar surface area (TPSA) is 72.8 Å². The number of esters is 2. The van der Waals surface area contributed by atoms with Gasteiger partial charge in [-0.3, -0.25) is 9.59 Å². The van der Waals surface area contributed by atoms with E-state index >= 15 is 0 Å². The van der Waals surface area contributed by atoms with E-state index < -0.39 is 6.10 Å². The van der Waals surface area contributed by atoms with E-state index in [1.807, 2.05) is 0 Å². The molecule has 0 aromatic carbocycles. The quantitative estimate of drug-likeness (QED) is 0.0373. The first-order valence-electron chi connectivity index (χ1n) is 41.7. The van der Waals surface area contributed by atoms with Gasteiger partial charge in [0, 0.05) is 12.8 Å². The van der Waals surface area contributed by atoms with Crippen LogP contribution in [-0.4, -0.2) is 36.4 Å². The van der Waals surface area contributed by atoms with E-state index in [2.05, 4.69) is 148 Å². The predicted octanol–water partition coefficient (Wildman–Crippen LogP) is 29.8. The maximum absolute atomic E-state index is 12.4. The van der Waals surface area contributed by atoms with Crippen LogP contribution in [0, 0.1) is 0 Å². The molecule has 552 valence electrons. The lowest BCUT2D eigenvalue weighted by Crippen LogP contribution is -2.28. The molecule has 0 aromatic rings.